The van der Waals surface area contributed by atoms with Crippen LogP contribution in [0.3, 0.4) is 0 Å². The SMILES string of the molecule is CNC(=O)OC1CN(C2=Nc3ncc(Br)cc3N3CCN=C23)C1. The molecule has 23 heavy (non-hydrogen) atoms. The minimum Gasteiger partial charge on any atom is -0.442 e. The Hall–Kier alpha value is -2.16. The summed E-state index contributed by atoms with van der Waals surface area (Å²) in [4.78, 5) is 29.1. The summed E-state index contributed by atoms with van der Waals surface area (Å²) in [6, 6.07) is 2.01. The highest BCUT2D eigenvalue weighted by Gasteiger charge is 2.39. The molecule has 4 rings (SSSR count). The van der Waals surface area contributed by atoms with Crippen LogP contribution in [0, 0.1) is 0 Å². The number of ether oxygens (including phenoxy) is 1. The van der Waals surface area contributed by atoms with Crippen molar-refractivity contribution < 1.29 is 9.53 Å². The van der Waals surface area contributed by atoms with E-state index in [2.05, 4.69) is 46.0 Å². The summed E-state index contributed by atoms with van der Waals surface area (Å²) in [5, 5.41) is 2.46. The molecule has 3 aliphatic heterocycles. The second-order valence-corrected chi connectivity index (χ2v) is 6.39. The second kappa shape index (κ2) is 5.48. The van der Waals surface area contributed by atoms with Gasteiger partial charge in [0.25, 0.3) is 0 Å². The highest BCUT2D eigenvalue weighted by atomic mass is 79.9. The monoisotopic (exact) mass is 378 g/mol. The van der Waals surface area contributed by atoms with Crippen LogP contribution in [0.1, 0.15) is 0 Å². The lowest BCUT2D eigenvalue weighted by Crippen LogP contribution is -2.59. The van der Waals surface area contributed by atoms with Gasteiger partial charge in [0.2, 0.25) is 0 Å². The van der Waals surface area contributed by atoms with E-state index in [1.807, 2.05) is 6.07 Å². The highest BCUT2D eigenvalue weighted by Crippen LogP contribution is 2.35. The topological polar surface area (TPSA) is 82.4 Å². The van der Waals surface area contributed by atoms with Crippen LogP contribution in [0.5, 0.6) is 0 Å². The summed E-state index contributed by atoms with van der Waals surface area (Å²) < 4.78 is 6.15. The van der Waals surface area contributed by atoms with Gasteiger partial charge in [-0.2, -0.15) is 0 Å². The fourth-order valence-electron chi connectivity index (χ4n) is 2.84. The number of aliphatic imine (C=N–C) groups is 2. The average molecular weight is 379 g/mol. The normalized spacial score (nSPS) is 19.4. The van der Waals surface area contributed by atoms with Crippen molar-refractivity contribution in [2.75, 3.05) is 38.1 Å². The standard InChI is InChI=1S/C14H15BrN6O2/c1-16-14(22)23-9-6-20(7-9)13-12-17-2-3-21(12)10-4-8(15)5-18-11(10)19-13/h4-5,9H,2-3,6-7H2,1H3,(H,16,22). The Balaban J connectivity index is 1.57. The molecule has 1 amide bonds. The van der Waals surface area contributed by atoms with Gasteiger partial charge in [-0.15, -0.1) is 0 Å². The maximum atomic E-state index is 11.2. The summed E-state index contributed by atoms with van der Waals surface area (Å²) in [7, 11) is 1.55. The highest BCUT2D eigenvalue weighted by molar-refractivity contribution is 9.10. The number of aromatic nitrogens is 1. The Kier molecular flexibility index (Phi) is 3.44. The number of amidine groups is 2. The van der Waals surface area contributed by atoms with Crippen LogP contribution in [-0.4, -0.2) is 67.0 Å². The molecule has 0 atom stereocenters. The van der Waals surface area contributed by atoms with Crippen molar-refractivity contribution in [1.82, 2.24) is 15.2 Å². The number of halogens is 1. The Bertz CT molecular complexity index is 728. The van der Waals surface area contributed by atoms with Crippen molar-refractivity contribution in [3.63, 3.8) is 0 Å². The number of carbonyl (C=O) groups is 1. The number of nitrogens with zero attached hydrogens (tertiary/aromatic N) is 5. The molecule has 0 aliphatic carbocycles. The lowest BCUT2D eigenvalue weighted by molar-refractivity contribution is 0.0228. The number of amides is 1. The number of rotatable bonds is 1. The van der Waals surface area contributed by atoms with Crippen LogP contribution in [0.25, 0.3) is 0 Å². The van der Waals surface area contributed by atoms with Crippen molar-refractivity contribution >= 4 is 45.2 Å². The molecule has 0 radical (unpaired) electrons. The van der Waals surface area contributed by atoms with Gasteiger partial charge in [0.15, 0.2) is 17.5 Å². The van der Waals surface area contributed by atoms with E-state index in [0.717, 1.165) is 34.9 Å². The number of hydrogen-bond donors (Lipinski definition) is 1. The van der Waals surface area contributed by atoms with E-state index in [0.29, 0.717) is 18.9 Å². The molecule has 0 unspecified atom stereocenters. The number of likely N-dealkylation sites (tertiary alicyclic amines) is 1. The number of hydrogen-bond acceptors (Lipinski definition) is 7. The Morgan fingerprint density at radius 2 is 2.26 bits per heavy atom. The van der Waals surface area contributed by atoms with Gasteiger partial charge in [0.05, 0.1) is 25.3 Å². The first kappa shape index (κ1) is 14.4. The van der Waals surface area contributed by atoms with E-state index in [1.165, 1.54) is 0 Å². The first-order chi connectivity index (χ1) is 11.2. The van der Waals surface area contributed by atoms with E-state index in [4.69, 9.17) is 4.74 Å². The summed E-state index contributed by atoms with van der Waals surface area (Å²) in [5.41, 5.74) is 0.970. The summed E-state index contributed by atoms with van der Waals surface area (Å²) in [6.07, 6.45) is 1.22. The number of pyridine rings is 1. The number of anilines is 1. The number of alkyl carbamates (subject to hydrolysis) is 1. The predicted octanol–water partition coefficient (Wildman–Crippen LogP) is 1.15. The summed E-state index contributed by atoms with van der Waals surface area (Å²) >= 11 is 3.45. The third-order valence-corrected chi connectivity index (χ3v) is 4.42. The third-order valence-electron chi connectivity index (χ3n) is 3.98. The number of carbonyl (C=O) groups excluding carboxylic acids is 1. The molecule has 1 N–H and O–H groups in total. The van der Waals surface area contributed by atoms with E-state index in [-0.39, 0.29) is 6.10 Å². The second-order valence-electron chi connectivity index (χ2n) is 5.47. The maximum Gasteiger partial charge on any atom is 0.407 e. The zero-order valence-electron chi connectivity index (χ0n) is 12.5. The van der Waals surface area contributed by atoms with Gasteiger partial charge >= 0.3 is 6.09 Å². The molecule has 120 valence electrons. The fraction of sp³-hybridized carbons (Fsp3) is 0.429. The van der Waals surface area contributed by atoms with E-state index < -0.39 is 6.09 Å². The molecule has 0 saturated carbocycles. The van der Waals surface area contributed by atoms with Crippen LogP contribution >= 0.6 is 15.9 Å². The van der Waals surface area contributed by atoms with Gasteiger partial charge in [0.1, 0.15) is 6.10 Å². The van der Waals surface area contributed by atoms with Gasteiger partial charge in [-0.3, -0.25) is 4.99 Å². The zero-order chi connectivity index (χ0) is 16.0. The van der Waals surface area contributed by atoms with Crippen molar-refractivity contribution in [3.8, 4) is 0 Å². The smallest absolute Gasteiger partial charge is 0.407 e. The molecule has 4 heterocycles. The fourth-order valence-corrected chi connectivity index (χ4v) is 3.16. The van der Waals surface area contributed by atoms with Gasteiger partial charge in [-0.25, -0.2) is 14.8 Å². The number of nitrogens with one attached hydrogen (secondary N) is 1. The van der Waals surface area contributed by atoms with Crippen LogP contribution in [0.2, 0.25) is 0 Å². The first-order valence-corrected chi connectivity index (χ1v) is 8.15. The Morgan fingerprint density at radius 1 is 1.43 bits per heavy atom. The molecule has 1 aromatic rings. The van der Waals surface area contributed by atoms with E-state index in [1.54, 1.807) is 13.2 Å². The molecule has 1 fully saturated rings. The first-order valence-electron chi connectivity index (χ1n) is 7.35. The summed E-state index contributed by atoms with van der Waals surface area (Å²) in [6.45, 7) is 2.80. The molecule has 1 saturated heterocycles. The van der Waals surface area contributed by atoms with E-state index in [9.17, 15) is 4.79 Å². The van der Waals surface area contributed by atoms with E-state index >= 15 is 0 Å². The largest absolute Gasteiger partial charge is 0.442 e. The molecule has 1 aromatic heterocycles. The molecule has 0 spiro atoms. The lowest BCUT2D eigenvalue weighted by Gasteiger charge is -2.42. The molecule has 9 heteroatoms. The molecule has 0 aromatic carbocycles. The van der Waals surface area contributed by atoms with Crippen LogP contribution in [0.4, 0.5) is 16.3 Å². The van der Waals surface area contributed by atoms with Crippen molar-refractivity contribution in [2.24, 2.45) is 9.98 Å². The maximum absolute atomic E-state index is 11.2. The third kappa shape index (κ3) is 2.44. The van der Waals surface area contributed by atoms with Crippen LogP contribution in [0.15, 0.2) is 26.7 Å². The predicted molar refractivity (Wildman–Crippen MR) is 89.6 cm³/mol. The van der Waals surface area contributed by atoms with Crippen molar-refractivity contribution in [2.45, 2.75) is 6.10 Å². The van der Waals surface area contributed by atoms with Crippen molar-refractivity contribution in [1.29, 1.82) is 0 Å². The molecular weight excluding hydrogens is 364 g/mol. The van der Waals surface area contributed by atoms with Gasteiger partial charge < -0.3 is 19.9 Å². The number of fused-ring (bicyclic) bond motifs is 3. The van der Waals surface area contributed by atoms with Crippen LogP contribution in [-0.2, 0) is 4.74 Å². The van der Waals surface area contributed by atoms with Gasteiger partial charge in [0, 0.05) is 24.3 Å². The minimum absolute atomic E-state index is 0.118. The van der Waals surface area contributed by atoms with Crippen LogP contribution < -0.4 is 10.2 Å². The Morgan fingerprint density at radius 3 is 3.04 bits per heavy atom. The molecular formula is C14H15BrN6O2. The molecule has 0 bridgehead atoms. The van der Waals surface area contributed by atoms with Crippen molar-refractivity contribution in [3.05, 3.63) is 16.7 Å². The lowest BCUT2D eigenvalue weighted by atomic mass is 10.1. The zero-order valence-corrected chi connectivity index (χ0v) is 14.1. The molecule has 8 nitrogen and oxygen atoms in total. The van der Waals surface area contributed by atoms with Gasteiger partial charge in [-0.05, 0) is 22.0 Å². The van der Waals surface area contributed by atoms with Gasteiger partial charge in [-0.1, -0.05) is 0 Å². The average Bonchev–Trinajstić information content (AvgIpc) is 3.00. The Labute approximate surface area is 141 Å². The quantitative estimate of drug-likeness (QED) is 0.792. The summed E-state index contributed by atoms with van der Waals surface area (Å²) in [5.74, 6) is 2.37. The molecule has 3 aliphatic rings. The minimum atomic E-state index is -0.406.